The van der Waals surface area contributed by atoms with Gasteiger partial charge >= 0.3 is 5.97 Å². The Morgan fingerprint density at radius 1 is 1.35 bits per heavy atom. The molecule has 0 amide bonds. The third kappa shape index (κ3) is 2.83. The van der Waals surface area contributed by atoms with Crippen LogP contribution < -0.4 is 4.90 Å². The molecule has 2 saturated heterocycles. The number of likely N-dealkylation sites (tertiary alicyclic amines) is 1. The monoisotopic (exact) mass is 338 g/mol. The fourth-order valence-corrected chi connectivity index (χ4v) is 3.79. The average molecular weight is 339 g/mol. The topological polar surface area (TPSA) is 43.8 Å². The summed E-state index contributed by atoms with van der Waals surface area (Å²) in [5.41, 5.74) is 1.67. The Labute approximate surface area is 127 Å². The van der Waals surface area contributed by atoms with Crippen molar-refractivity contribution in [3.63, 3.8) is 0 Å². The first-order valence-electron chi connectivity index (χ1n) is 7.01. The van der Waals surface area contributed by atoms with Crippen LogP contribution >= 0.6 is 15.9 Å². The summed E-state index contributed by atoms with van der Waals surface area (Å²) in [6.07, 6.45) is 1.47. The summed E-state index contributed by atoms with van der Waals surface area (Å²) in [7, 11) is 0. The van der Waals surface area contributed by atoms with Crippen LogP contribution in [0.1, 0.15) is 12.8 Å². The van der Waals surface area contributed by atoms with E-state index in [9.17, 15) is 4.79 Å². The SMILES string of the molecule is O=C(O)CCN1CC2(CCN(c3cccc(Br)c3)C2)C1. The first-order chi connectivity index (χ1) is 9.56. The van der Waals surface area contributed by atoms with Crippen molar-refractivity contribution in [1.82, 2.24) is 4.90 Å². The molecule has 0 unspecified atom stereocenters. The number of nitrogens with zero attached hydrogens (tertiary/aromatic N) is 2. The highest BCUT2D eigenvalue weighted by molar-refractivity contribution is 9.10. The molecule has 0 radical (unpaired) electrons. The van der Waals surface area contributed by atoms with Crippen molar-refractivity contribution in [2.24, 2.45) is 5.41 Å². The van der Waals surface area contributed by atoms with Gasteiger partial charge in [-0.1, -0.05) is 22.0 Å². The van der Waals surface area contributed by atoms with Gasteiger partial charge in [-0.05, 0) is 24.6 Å². The number of carboxylic acid groups (broad SMARTS) is 1. The number of carboxylic acids is 1. The molecule has 3 rings (SSSR count). The molecule has 1 aromatic rings. The first kappa shape index (κ1) is 13.9. The minimum Gasteiger partial charge on any atom is -0.481 e. The molecule has 108 valence electrons. The third-order valence-corrected chi connectivity index (χ3v) is 4.86. The number of halogens is 1. The smallest absolute Gasteiger partial charge is 0.304 e. The minimum atomic E-state index is -0.701. The maximum Gasteiger partial charge on any atom is 0.304 e. The van der Waals surface area contributed by atoms with Gasteiger partial charge in [0.1, 0.15) is 0 Å². The predicted octanol–water partition coefficient (Wildman–Crippen LogP) is 2.44. The van der Waals surface area contributed by atoms with Gasteiger partial charge in [0.25, 0.3) is 0 Å². The second-order valence-electron chi connectivity index (χ2n) is 6.01. The summed E-state index contributed by atoms with van der Waals surface area (Å²) >= 11 is 3.52. The zero-order valence-corrected chi connectivity index (χ0v) is 13.0. The summed E-state index contributed by atoms with van der Waals surface area (Å²) < 4.78 is 1.12. The van der Waals surface area contributed by atoms with E-state index in [0.717, 1.165) is 30.7 Å². The van der Waals surface area contributed by atoms with Crippen LogP contribution in [0.15, 0.2) is 28.7 Å². The Hall–Kier alpha value is -1.07. The fourth-order valence-electron chi connectivity index (χ4n) is 3.40. The number of anilines is 1. The number of aliphatic carboxylic acids is 1. The van der Waals surface area contributed by atoms with Gasteiger partial charge in [-0.2, -0.15) is 0 Å². The lowest BCUT2D eigenvalue weighted by Crippen LogP contribution is -2.57. The molecule has 2 fully saturated rings. The highest BCUT2D eigenvalue weighted by Gasteiger charge is 2.47. The average Bonchev–Trinajstić information content (AvgIpc) is 2.80. The number of carbonyl (C=O) groups is 1. The van der Waals surface area contributed by atoms with Gasteiger partial charge < -0.3 is 14.9 Å². The van der Waals surface area contributed by atoms with Crippen LogP contribution in [0.5, 0.6) is 0 Å². The van der Waals surface area contributed by atoms with Gasteiger partial charge in [-0.3, -0.25) is 4.79 Å². The Kier molecular flexibility index (Phi) is 3.73. The molecule has 2 aliphatic heterocycles. The quantitative estimate of drug-likeness (QED) is 0.915. The fraction of sp³-hybridized carbons (Fsp3) is 0.533. The van der Waals surface area contributed by atoms with E-state index < -0.39 is 5.97 Å². The number of rotatable bonds is 4. The van der Waals surface area contributed by atoms with Gasteiger partial charge in [-0.25, -0.2) is 0 Å². The standard InChI is InChI=1S/C15H19BrN2O2/c16-12-2-1-3-13(8-12)18-7-5-15(11-18)9-17(10-15)6-4-14(19)20/h1-3,8H,4-7,9-11H2,(H,19,20). The lowest BCUT2D eigenvalue weighted by atomic mass is 9.79. The Morgan fingerprint density at radius 3 is 2.85 bits per heavy atom. The van der Waals surface area contributed by atoms with Gasteiger partial charge in [-0.15, -0.1) is 0 Å². The van der Waals surface area contributed by atoms with E-state index in [1.807, 2.05) is 6.07 Å². The second-order valence-corrected chi connectivity index (χ2v) is 6.92. The summed E-state index contributed by atoms with van der Waals surface area (Å²) in [5, 5.41) is 8.72. The molecule has 0 aliphatic carbocycles. The zero-order valence-electron chi connectivity index (χ0n) is 11.4. The van der Waals surface area contributed by atoms with E-state index in [-0.39, 0.29) is 6.42 Å². The molecule has 0 atom stereocenters. The van der Waals surface area contributed by atoms with Crippen LogP contribution in [0, 0.1) is 5.41 Å². The van der Waals surface area contributed by atoms with E-state index in [4.69, 9.17) is 5.11 Å². The van der Waals surface area contributed by atoms with E-state index in [1.165, 1.54) is 12.1 Å². The van der Waals surface area contributed by atoms with Crippen molar-refractivity contribution < 1.29 is 9.90 Å². The summed E-state index contributed by atoms with van der Waals surface area (Å²) in [6, 6.07) is 8.45. The summed E-state index contributed by atoms with van der Waals surface area (Å²) in [5.74, 6) is -0.701. The third-order valence-electron chi connectivity index (χ3n) is 4.37. The van der Waals surface area contributed by atoms with Gasteiger partial charge in [0, 0.05) is 48.3 Å². The molecule has 0 bridgehead atoms. The van der Waals surface area contributed by atoms with Crippen molar-refractivity contribution >= 4 is 27.6 Å². The van der Waals surface area contributed by atoms with Crippen LogP contribution in [0.25, 0.3) is 0 Å². The maximum absolute atomic E-state index is 10.6. The van der Waals surface area contributed by atoms with Crippen molar-refractivity contribution in [2.75, 3.05) is 37.6 Å². The van der Waals surface area contributed by atoms with Crippen molar-refractivity contribution in [3.8, 4) is 0 Å². The summed E-state index contributed by atoms with van der Waals surface area (Å²) in [6.45, 7) is 4.97. The molecule has 0 saturated carbocycles. The molecule has 20 heavy (non-hydrogen) atoms. The molecular weight excluding hydrogens is 320 g/mol. The van der Waals surface area contributed by atoms with Gasteiger partial charge in [0.15, 0.2) is 0 Å². The highest BCUT2D eigenvalue weighted by atomic mass is 79.9. The van der Waals surface area contributed by atoms with Crippen LogP contribution in [-0.4, -0.2) is 48.7 Å². The van der Waals surface area contributed by atoms with Crippen LogP contribution in [0.2, 0.25) is 0 Å². The molecule has 4 nitrogen and oxygen atoms in total. The van der Waals surface area contributed by atoms with Gasteiger partial charge in [0.2, 0.25) is 0 Å². The Balaban J connectivity index is 1.55. The van der Waals surface area contributed by atoms with Gasteiger partial charge in [0.05, 0.1) is 6.42 Å². The molecule has 2 aliphatic rings. The normalized spacial score (nSPS) is 21.1. The minimum absolute atomic E-state index is 0.255. The van der Waals surface area contributed by atoms with E-state index in [1.54, 1.807) is 0 Å². The van der Waals surface area contributed by atoms with Crippen molar-refractivity contribution in [2.45, 2.75) is 12.8 Å². The lowest BCUT2D eigenvalue weighted by molar-refractivity contribution is -0.138. The zero-order chi connectivity index (χ0) is 14.2. The molecule has 1 N–H and O–H groups in total. The predicted molar refractivity (Wildman–Crippen MR) is 82.1 cm³/mol. The number of benzene rings is 1. The molecule has 1 aromatic carbocycles. The number of hydrogen-bond acceptors (Lipinski definition) is 3. The highest BCUT2D eigenvalue weighted by Crippen LogP contribution is 2.41. The summed E-state index contributed by atoms with van der Waals surface area (Å²) in [4.78, 5) is 15.3. The molecular formula is C15H19BrN2O2. The Morgan fingerprint density at radius 2 is 2.15 bits per heavy atom. The van der Waals surface area contributed by atoms with E-state index >= 15 is 0 Å². The van der Waals surface area contributed by atoms with Crippen molar-refractivity contribution in [1.29, 1.82) is 0 Å². The van der Waals surface area contributed by atoms with E-state index in [2.05, 4.69) is 43.9 Å². The van der Waals surface area contributed by atoms with E-state index in [0.29, 0.717) is 12.0 Å². The molecule has 2 heterocycles. The van der Waals surface area contributed by atoms with Crippen LogP contribution in [0.3, 0.4) is 0 Å². The van der Waals surface area contributed by atoms with Crippen molar-refractivity contribution in [3.05, 3.63) is 28.7 Å². The van der Waals surface area contributed by atoms with Crippen LogP contribution in [-0.2, 0) is 4.79 Å². The lowest BCUT2D eigenvalue weighted by Gasteiger charge is -2.48. The molecule has 1 spiro atoms. The Bertz CT molecular complexity index is 514. The second kappa shape index (κ2) is 5.37. The maximum atomic E-state index is 10.6. The largest absolute Gasteiger partial charge is 0.481 e. The molecule has 5 heteroatoms. The van der Waals surface area contributed by atoms with Crippen LogP contribution in [0.4, 0.5) is 5.69 Å². The molecule has 0 aromatic heterocycles. The first-order valence-corrected chi connectivity index (χ1v) is 7.80. The number of hydrogen-bond donors (Lipinski definition) is 1.